The summed E-state index contributed by atoms with van der Waals surface area (Å²) in [5.74, 6) is -0.333. The second-order valence-corrected chi connectivity index (χ2v) is 8.72. The van der Waals surface area contributed by atoms with Gasteiger partial charge in [0.1, 0.15) is 12.3 Å². The van der Waals surface area contributed by atoms with Gasteiger partial charge in [-0.2, -0.15) is 0 Å². The Labute approximate surface area is 183 Å². The van der Waals surface area contributed by atoms with Crippen LogP contribution in [0, 0.1) is 0 Å². The van der Waals surface area contributed by atoms with Gasteiger partial charge in [-0.25, -0.2) is 13.2 Å². The second-order valence-electron chi connectivity index (χ2n) is 6.81. The summed E-state index contributed by atoms with van der Waals surface area (Å²) in [5.41, 5.74) is 1.17. The van der Waals surface area contributed by atoms with Gasteiger partial charge in [-0.05, 0) is 61.9 Å². The summed E-state index contributed by atoms with van der Waals surface area (Å²) in [6.45, 7) is 4.32. The smallest absolute Gasteiger partial charge is 0.338 e. The summed E-state index contributed by atoms with van der Waals surface area (Å²) < 4.78 is 36.0. The van der Waals surface area contributed by atoms with E-state index in [2.05, 4.69) is 5.32 Å². The van der Waals surface area contributed by atoms with Gasteiger partial charge in [0.05, 0.1) is 30.7 Å². The third-order valence-corrected chi connectivity index (χ3v) is 5.40. The number of rotatable bonds is 11. The molecule has 0 saturated heterocycles. The number of unbranched alkanes of at least 4 members (excludes halogenated alkanes) is 1. The van der Waals surface area contributed by atoms with Crippen molar-refractivity contribution in [3.63, 3.8) is 0 Å². The van der Waals surface area contributed by atoms with Gasteiger partial charge < -0.3 is 14.8 Å². The van der Waals surface area contributed by atoms with Crippen LogP contribution in [0.4, 0.5) is 11.4 Å². The molecule has 2 aromatic carbocycles. The standard InChI is InChI=1S/C22H28N2O6S/c1-4-6-15-30-22(26)17-7-9-18(10-8-17)23-21(25)16-24(31(3,27)28)19-11-13-20(14-12-19)29-5-2/h7-14H,4-6,15-16H2,1-3H3,(H,23,25). The van der Waals surface area contributed by atoms with E-state index in [-0.39, 0.29) is 0 Å². The molecule has 0 bridgehead atoms. The van der Waals surface area contributed by atoms with Crippen LogP contribution >= 0.6 is 0 Å². The lowest BCUT2D eigenvalue weighted by Crippen LogP contribution is -2.37. The van der Waals surface area contributed by atoms with Gasteiger partial charge in [0.25, 0.3) is 0 Å². The Hall–Kier alpha value is -3.07. The van der Waals surface area contributed by atoms with E-state index < -0.39 is 28.4 Å². The summed E-state index contributed by atoms with van der Waals surface area (Å²) in [5, 5.41) is 2.64. The number of ether oxygens (including phenoxy) is 2. The predicted octanol–water partition coefficient (Wildman–Crippen LogP) is 3.45. The van der Waals surface area contributed by atoms with Crippen molar-refractivity contribution in [1.82, 2.24) is 0 Å². The molecule has 0 fully saturated rings. The molecular weight excluding hydrogens is 420 g/mol. The highest BCUT2D eigenvalue weighted by molar-refractivity contribution is 7.92. The van der Waals surface area contributed by atoms with Crippen molar-refractivity contribution in [1.29, 1.82) is 0 Å². The molecule has 0 atom stereocenters. The Kier molecular flexibility index (Phi) is 8.87. The molecule has 168 valence electrons. The van der Waals surface area contributed by atoms with Crippen molar-refractivity contribution >= 4 is 33.3 Å². The fraction of sp³-hybridized carbons (Fsp3) is 0.364. The van der Waals surface area contributed by atoms with E-state index in [0.717, 1.165) is 23.4 Å². The number of carbonyl (C=O) groups excluding carboxylic acids is 2. The number of benzene rings is 2. The molecule has 0 heterocycles. The first kappa shape index (κ1) is 24.2. The Morgan fingerprint density at radius 2 is 1.65 bits per heavy atom. The van der Waals surface area contributed by atoms with Crippen LogP contribution in [0.1, 0.15) is 37.0 Å². The molecule has 0 saturated carbocycles. The molecule has 0 aliphatic heterocycles. The van der Waals surface area contributed by atoms with E-state index in [4.69, 9.17) is 9.47 Å². The number of hydrogen-bond donors (Lipinski definition) is 1. The lowest BCUT2D eigenvalue weighted by Gasteiger charge is -2.22. The molecule has 0 aliphatic carbocycles. The molecule has 1 amide bonds. The largest absolute Gasteiger partial charge is 0.494 e. The zero-order valence-corrected chi connectivity index (χ0v) is 18.8. The van der Waals surface area contributed by atoms with Crippen molar-refractivity contribution in [2.24, 2.45) is 0 Å². The summed E-state index contributed by atoms with van der Waals surface area (Å²) in [6.07, 6.45) is 2.76. The second kappa shape index (κ2) is 11.4. The topological polar surface area (TPSA) is 102 Å². The SMILES string of the molecule is CCCCOC(=O)c1ccc(NC(=O)CN(c2ccc(OCC)cc2)S(C)(=O)=O)cc1. The summed E-state index contributed by atoms with van der Waals surface area (Å²) >= 11 is 0. The summed E-state index contributed by atoms with van der Waals surface area (Å²) in [6, 6.07) is 12.7. The Morgan fingerprint density at radius 3 is 2.19 bits per heavy atom. The molecule has 31 heavy (non-hydrogen) atoms. The number of esters is 1. The van der Waals surface area contributed by atoms with Gasteiger partial charge in [0.15, 0.2) is 0 Å². The van der Waals surface area contributed by atoms with E-state index in [9.17, 15) is 18.0 Å². The number of nitrogens with one attached hydrogen (secondary N) is 1. The zero-order valence-electron chi connectivity index (χ0n) is 18.0. The van der Waals surface area contributed by atoms with Gasteiger partial charge in [-0.1, -0.05) is 13.3 Å². The minimum atomic E-state index is -3.69. The van der Waals surface area contributed by atoms with E-state index in [0.29, 0.717) is 35.9 Å². The number of carbonyl (C=O) groups is 2. The monoisotopic (exact) mass is 448 g/mol. The average Bonchev–Trinajstić information content (AvgIpc) is 2.73. The van der Waals surface area contributed by atoms with Crippen LogP contribution in [0.3, 0.4) is 0 Å². The van der Waals surface area contributed by atoms with Crippen LogP contribution in [0.2, 0.25) is 0 Å². The number of sulfonamides is 1. The minimum absolute atomic E-state index is 0.353. The molecule has 0 aliphatic rings. The maximum Gasteiger partial charge on any atom is 0.338 e. The van der Waals surface area contributed by atoms with Crippen molar-refractivity contribution in [2.45, 2.75) is 26.7 Å². The average molecular weight is 449 g/mol. The van der Waals surface area contributed by atoms with Crippen LogP contribution in [-0.2, 0) is 19.6 Å². The molecule has 0 unspecified atom stereocenters. The number of anilines is 2. The van der Waals surface area contributed by atoms with Crippen LogP contribution in [-0.4, -0.2) is 46.3 Å². The molecule has 0 aromatic heterocycles. The lowest BCUT2D eigenvalue weighted by molar-refractivity contribution is -0.114. The van der Waals surface area contributed by atoms with E-state index in [1.54, 1.807) is 48.5 Å². The highest BCUT2D eigenvalue weighted by atomic mass is 32.2. The first-order valence-corrected chi connectivity index (χ1v) is 11.9. The predicted molar refractivity (Wildman–Crippen MR) is 120 cm³/mol. The van der Waals surface area contributed by atoms with E-state index in [1.807, 2.05) is 13.8 Å². The number of nitrogens with zero attached hydrogens (tertiary/aromatic N) is 1. The summed E-state index contributed by atoms with van der Waals surface area (Å²) in [4.78, 5) is 24.4. The molecule has 0 radical (unpaired) electrons. The van der Waals surface area contributed by atoms with Crippen LogP contribution in [0.25, 0.3) is 0 Å². The Balaban J connectivity index is 2.03. The highest BCUT2D eigenvalue weighted by Gasteiger charge is 2.21. The Bertz CT molecular complexity index is 972. The quantitative estimate of drug-likeness (QED) is 0.417. The van der Waals surface area contributed by atoms with Crippen molar-refractivity contribution in [2.75, 3.05) is 35.6 Å². The first-order chi connectivity index (χ1) is 14.7. The van der Waals surface area contributed by atoms with Crippen molar-refractivity contribution < 1.29 is 27.5 Å². The normalized spacial score (nSPS) is 10.9. The van der Waals surface area contributed by atoms with Gasteiger partial charge in [-0.15, -0.1) is 0 Å². The van der Waals surface area contributed by atoms with Crippen LogP contribution in [0.15, 0.2) is 48.5 Å². The van der Waals surface area contributed by atoms with Gasteiger partial charge >= 0.3 is 5.97 Å². The molecule has 2 aromatic rings. The van der Waals surface area contributed by atoms with E-state index in [1.165, 1.54) is 0 Å². The molecule has 9 heteroatoms. The molecule has 2 rings (SSSR count). The van der Waals surface area contributed by atoms with Crippen LogP contribution in [0.5, 0.6) is 5.75 Å². The summed E-state index contributed by atoms with van der Waals surface area (Å²) in [7, 11) is -3.69. The highest BCUT2D eigenvalue weighted by Crippen LogP contribution is 2.22. The third kappa shape index (κ3) is 7.60. The maximum atomic E-state index is 12.5. The zero-order chi connectivity index (χ0) is 22.9. The lowest BCUT2D eigenvalue weighted by atomic mass is 10.2. The molecule has 1 N–H and O–H groups in total. The molecule has 0 spiro atoms. The molecule has 8 nitrogen and oxygen atoms in total. The van der Waals surface area contributed by atoms with Crippen molar-refractivity contribution in [3.8, 4) is 5.75 Å². The van der Waals surface area contributed by atoms with Gasteiger partial charge in [0, 0.05) is 5.69 Å². The fourth-order valence-corrected chi connectivity index (χ4v) is 3.54. The van der Waals surface area contributed by atoms with E-state index >= 15 is 0 Å². The Morgan fingerprint density at radius 1 is 1.00 bits per heavy atom. The minimum Gasteiger partial charge on any atom is -0.494 e. The molecular formula is C22H28N2O6S. The van der Waals surface area contributed by atoms with Gasteiger partial charge in [0.2, 0.25) is 15.9 Å². The fourth-order valence-electron chi connectivity index (χ4n) is 2.69. The number of hydrogen-bond acceptors (Lipinski definition) is 6. The van der Waals surface area contributed by atoms with Crippen molar-refractivity contribution in [3.05, 3.63) is 54.1 Å². The first-order valence-electron chi connectivity index (χ1n) is 10.0. The third-order valence-electron chi connectivity index (χ3n) is 4.26. The number of amides is 1. The van der Waals surface area contributed by atoms with Gasteiger partial charge in [-0.3, -0.25) is 9.10 Å². The van der Waals surface area contributed by atoms with Crippen LogP contribution < -0.4 is 14.4 Å². The maximum absolute atomic E-state index is 12.5.